The molecule has 4 nitrogen and oxygen atoms in total. The summed E-state index contributed by atoms with van der Waals surface area (Å²) in [6, 6.07) is 18.1. The summed E-state index contributed by atoms with van der Waals surface area (Å²) in [5.74, 6) is 0. The van der Waals surface area contributed by atoms with Crippen molar-refractivity contribution in [3.8, 4) is 0 Å². The second kappa shape index (κ2) is 7.76. The summed E-state index contributed by atoms with van der Waals surface area (Å²) >= 11 is 6.01. The Hall–Kier alpha value is -1.92. The number of nitrogens with one attached hydrogen (secondary N) is 1. The maximum absolute atomic E-state index is 12.4. The Bertz CT molecular complexity index is 1030. The van der Waals surface area contributed by atoms with E-state index >= 15 is 0 Å². The first kappa shape index (κ1) is 18.9. The zero-order valence-corrected chi connectivity index (χ0v) is 15.9. The maximum atomic E-state index is 12.4. The Morgan fingerprint density at radius 3 is 2.58 bits per heavy atom. The van der Waals surface area contributed by atoms with E-state index in [1.54, 1.807) is 6.07 Å². The highest BCUT2D eigenvalue weighted by Gasteiger charge is 2.17. The molecule has 1 atom stereocenters. The quantitative estimate of drug-likeness (QED) is 0.663. The van der Waals surface area contributed by atoms with E-state index in [1.807, 2.05) is 49.4 Å². The van der Waals surface area contributed by atoms with E-state index in [9.17, 15) is 13.5 Å². The van der Waals surface area contributed by atoms with Gasteiger partial charge in [0.05, 0.1) is 11.0 Å². The molecule has 3 aromatic rings. The van der Waals surface area contributed by atoms with Gasteiger partial charge >= 0.3 is 0 Å². The van der Waals surface area contributed by atoms with Crippen LogP contribution in [-0.4, -0.2) is 20.1 Å². The smallest absolute Gasteiger partial charge is 0.240 e. The molecule has 0 heterocycles. The van der Waals surface area contributed by atoms with Gasteiger partial charge in [-0.25, -0.2) is 13.1 Å². The van der Waals surface area contributed by atoms with Crippen LogP contribution in [0.3, 0.4) is 0 Å². The lowest BCUT2D eigenvalue weighted by molar-refractivity contribution is 0.170. The fourth-order valence-electron chi connectivity index (χ4n) is 2.85. The van der Waals surface area contributed by atoms with E-state index in [0.29, 0.717) is 5.02 Å². The molecule has 0 saturated carbocycles. The average molecular weight is 390 g/mol. The van der Waals surface area contributed by atoms with E-state index in [4.69, 9.17) is 11.6 Å². The molecule has 0 aliphatic rings. The summed E-state index contributed by atoms with van der Waals surface area (Å²) in [4.78, 5) is 0.118. The molecule has 0 aliphatic heterocycles. The van der Waals surface area contributed by atoms with Gasteiger partial charge in [0.25, 0.3) is 0 Å². The van der Waals surface area contributed by atoms with Crippen LogP contribution in [0.4, 0.5) is 0 Å². The molecule has 6 heteroatoms. The monoisotopic (exact) mass is 389 g/mol. The van der Waals surface area contributed by atoms with E-state index in [2.05, 4.69) is 4.72 Å². The van der Waals surface area contributed by atoms with Gasteiger partial charge < -0.3 is 5.11 Å². The first-order valence-electron chi connectivity index (χ1n) is 8.30. The first-order chi connectivity index (χ1) is 12.4. The van der Waals surface area contributed by atoms with E-state index in [-0.39, 0.29) is 17.9 Å². The zero-order valence-electron chi connectivity index (χ0n) is 14.3. The average Bonchev–Trinajstić information content (AvgIpc) is 2.63. The SMILES string of the molecule is Cc1ccc(S(=O)(=O)NCCC(O)c2cccc3ccccc23)cc1Cl. The Labute approximate surface area is 158 Å². The van der Waals surface area contributed by atoms with Crippen LogP contribution in [-0.2, 0) is 10.0 Å². The van der Waals surface area contributed by atoms with Crippen LogP contribution >= 0.6 is 11.6 Å². The number of sulfonamides is 1. The molecule has 3 aromatic carbocycles. The van der Waals surface area contributed by atoms with Gasteiger partial charge in [0.1, 0.15) is 0 Å². The predicted octanol–water partition coefficient (Wildman–Crippen LogP) is 4.20. The lowest BCUT2D eigenvalue weighted by atomic mass is 9.99. The molecule has 0 radical (unpaired) electrons. The molecule has 2 N–H and O–H groups in total. The molecule has 26 heavy (non-hydrogen) atoms. The van der Waals surface area contributed by atoms with Crippen molar-refractivity contribution in [1.29, 1.82) is 0 Å². The highest BCUT2D eigenvalue weighted by atomic mass is 35.5. The summed E-state index contributed by atoms with van der Waals surface area (Å²) in [5, 5.41) is 12.9. The Kier molecular flexibility index (Phi) is 5.63. The van der Waals surface area contributed by atoms with Gasteiger partial charge in [0.15, 0.2) is 0 Å². The van der Waals surface area contributed by atoms with Crippen molar-refractivity contribution in [2.45, 2.75) is 24.3 Å². The third-order valence-corrected chi connectivity index (χ3v) is 6.21. The van der Waals surface area contributed by atoms with Crippen LogP contribution < -0.4 is 4.72 Å². The molecule has 0 aromatic heterocycles. The maximum Gasteiger partial charge on any atom is 0.240 e. The number of halogens is 1. The van der Waals surface area contributed by atoms with E-state index in [0.717, 1.165) is 21.9 Å². The van der Waals surface area contributed by atoms with E-state index < -0.39 is 16.1 Å². The van der Waals surface area contributed by atoms with Crippen LogP contribution in [0, 0.1) is 6.92 Å². The van der Waals surface area contributed by atoms with Crippen molar-refractivity contribution in [1.82, 2.24) is 4.72 Å². The minimum Gasteiger partial charge on any atom is -0.388 e. The van der Waals surface area contributed by atoms with Crippen LogP contribution in [0.2, 0.25) is 5.02 Å². The summed E-state index contributed by atoms with van der Waals surface area (Å²) in [7, 11) is -3.67. The molecule has 3 rings (SSSR count). The molecule has 1 unspecified atom stereocenters. The zero-order chi connectivity index (χ0) is 18.7. The fraction of sp³-hybridized carbons (Fsp3) is 0.200. The van der Waals surface area contributed by atoms with Crippen LogP contribution in [0.1, 0.15) is 23.7 Å². The Balaban J connectivity index is 1.69. The van der Waals surface area contributed by atoms with Crippen LogP contribution in [0.5, 0.6) is 0 Å². The number of aliphatic hydroxyl groups excluding tert-OH is 1. The minimum absolute atomic E-state index is 0.118. The number of rotatable bonds is 6. The molecule has 0 saturated heterocycles. The molecule has 0 spiro atoms. The molecule has 0 amide bonds. The molecule has 136 valence electrons. The third-order valence-electron chi connectivity index (χ3n) is 4.35. The Morgan fingerprint density at radius 2 is 1.81 bits per heavy atom. The summed E-state index contributed by atoms with van der Waals surface area (Å²) in [6.07, 6.45) is -0.488. The lowest BCUT2D eigenvalue weighted by Gasteiger charge is -2.14. The van der Waals surface area contributed by atoms with Crippen molar-refractivity contribution in [2.24, 2.45) is 0 Å². The summed E-state index contributed by atoms with van der Waals surface area (Å²) in [5.41, 5.74) is 1.61. The number of fused-ring (bicyclic) bond motifs is 1. The van der Waals surface area contributed by atoms with Gasteiger partial charge in [0, 0.05) is 11.6 Å². The van der Waals surface area contributed by atoms with Crippen molar-refractivity contribution in [3.05, 3.63) is 76.8 Å². The molecule has 0 bridgehead atoms. The predicted molar refractivity (Wildman–Crippen MR) is 105 cm³/mol. The molecule has 0 aliphatic carbocycles. The van der Waals surface area contributed by atoms with Crippen LogP contribution in [0.15, 0.2) is 65.6 Å². The second-order valence-electron chi connectivity index (χ2n) is 6.18. The topological polar surface area (TPSA) is 66.4 Å². The number of hydrogen-bond acceptors (Lipinski definition) is 3. The number of hydrogen-bond donors (Lipinski definition) is 2. The fourth-order valence-corrected chi connectivity index (χ4v) is 4.17. The van der Waals surface area contributed by atoms with Gasteiger partial charge in [-0.3, -0.25) is 0 Å². The number of benzene rings is 3. The molecular weight excluding hydrogens is 370 g/mol. The number of aliphatic hydroxyl groups is 1. The van der Waals surface area contributed by atoms with Crippen LogP contribution in [0.25, 0.3) is 10.8 Å². The minimum atomic E-state index is -3.67. The van der Waals surface area contributed by atoms with Crippen molar-refractivity contribution in [2.75, 3.05) is 6.54 Å². The van der Waals surface area contributed by atoms with Gasteiger partial charge in [-0.1, -0.05) is 60.1 Å². The molecule has 0 fully saturated rings. The van der Waals surface area contributed by atoms with Crippen molar-refractivity contribution < 1.29 is 13.5 Å². The highest BCUT2D eigenvalue weighted by molar-refractivity contribution is 7.89. The largest absolute Gasteiger partial charge is 0.388 e. The lowest BCUT2D eigenvalue weighted by Crippen LogP contribution is -2.26. The van der Waals surface area contributed by atoms with Gasteiger partial charge in [-0.2, -0.15) is 0 Å². The first-order valence-corrected chi connectivity index (χ1v) is 10.2. The standard InChI is InChI=1S/C20H20ClNO3S/c1-14-9-10-16(13-19(14)21)26(24,25)22-12-11-20(23)18-8-4-6-15-5-2-3-7-17(15)18/h2-10,13,20,22-23H,11-12H2,1H3. The highest BCUT2D eigenvalue weighted by Crippen LogP contribution is 2.26. The number of aryl methyl sites for hydroxylation is 1. The molecular formula is C20H20ClNO3S. The van der Waals surface area contributed by atoms with E-state index in [1.165, 1.54) is 12.1 Å². The van der Waals surface area contributed by atoms with Crippen molar-refractivity contribution >= 4 is 32.4 Å². The summed E-state index contributed by atoms with van der Waals surface area (Å²) in [6.45, 7) is 1.94. The van der Waals surface area contributed by atoms with Gasteiger partial charge in [0.2, 0.25) is 10.0 Å². The van der Waals surface area contributed by atoms with Gasteiger partial charge in [-0.15, -0.1) is 0 Å². The third kappa shape index (κ3) is 4.07. The Morgan fingerprint density at radius 1 is 1.08 bits per heavy atom. The second-order valence-corrected chi connectivity index (χ2v) is 8.36. The normalized spacial score (nSPS) is 13.0. The van der Waals surface area contributed by atoms with Gasteiger partial charge in [-0.05, 0) is 47.4 Å². The summed E-state index contributed by atoms with van der Waals surface area (Å²) < 4.78 is 27.3. The van der Waals surface area contributed by atoms with Crippen molar-refractivity contribution in [3.63, 3.8) is 0 Å².